The number of aliphatic imine (C=N–C) groups is 1. The fraction of sp³-hybridized carbons (Fsp3) is 0.0455. The van der Waals surface area contributed by atoms with Gasteiger partial charge in [0.05, 0.1) is 12.8 Å². The topological polar surface area (TPSA) is 89.1 Å². The lowest BCUT2D eigenvalue weighted by Crippen LogP contribution is -2.21. The van der Waals surface area contributed by atoms with Crippen LogP contribution in [0.4, 0.5) is 8.78 Å². The van der Waals surface area contributed by atoms with Gasteiger partial charge in [0.15, 0.2) is 0 Å². The third-order valence-electron chi connectivity index (χ3n) is 4.05. The van der Waals surface area contributed by atoms with Gasteiger partial charge in [-0.25, -0.2) is 8.78 Å². The van der Waals surface area contributed by atoms with Gasteiger partial charge in [0.25, 0.3) is 0 Å². The molecule has 0 aliphatic rings. The van der Waals surface area contributed by atoms with Gasteiger partial charge in [0.1, 0.15) is 11.6 Å². The summed E-state index contributed by atoms with van der Waals surface area (Å²) in [7, 11) is 0. The van der Waals surface area contributed by atoms with E-state index in [4.69, 9.17) is 11.5 Å². The summed E-state index contributed by atoms with van der Waals surface area (Å²) in [5, 5.41) is 7.33. The van der Waals surface area contributed by atoms with E-state index < -0.39 is 11.6 Å². The molecule has 0 spiro atoms. The summed E-state index contributed by atoms with van der Waals surface area (Å²) in [5.74, 6) is -1.28. The molecule has 0 unspecified atom stereocenters. The Hall–Kier alpha value is -3.87. The molecule has 0 amide bonds. The van der Waals surface area contributed by atoms with Crippen molar-refractivity contribution in [3.63, 3.8) is 0 Å². The van der Waals surface area contributed by atoms with Crippen molar-refractivity contribution in [1.82, 2.24) is 0 Å². The molecule has 3 aromatic rings. The fourth-order valence-corrected chi connectivity index (χ4v) is 2.58. The van der Waals surface area contributed by atoms with Crippen molar-refractivity contribution < 1.29 is 8.78 Å². The van der Waals surface area contributed by atoms with Crippen LogP contribution in [0.3, 0.4) is 0 Å². The molecular formula is C22H19F2N5. The molecule has 0 fully saturated rings. The van der Waals surface area contributed by atoms with E-state index >= 15 is 0 Å². The maximum Gasteiger partial charge on any atom is 0.211 e. The summed E-state index contributed by atoms with van der Waals surface area (Å²) in [6, 6.07) is 19.0. The van der Waals surface area contributed by atoms with E-state index in [0.717, 1.165) is 28.3 Å². The standard InChI is InChI=1S/C22H19F2N5/c23-20-10-9-19(21(24)11-20)14-27-12-15-1-5-17(6-2-15)18-7-3-16(4-8-18)13-28-29-22(25)26/h1-13H,14H2,(H4,25,26,29)/b27-12?,28-13+. The van der Waals surface area contributed by atoms with Crippen LogP contribution in [0.5, 0.6) is 0 Å². The number of nitrogens with zero attached hydrogens (tertiary/aromatic N) is 3. The van der Waals surface area contributed by atoms with E-state index in [0.29, 0.717) is 5.56 Å². The normalized spacial score (nSPS) is 11.2. The van der Waals surface area contributed by atoms with Crippen LogP contribution in [-0.2, 0) is 6.54 Å². The van der Waals surface area contributed by atoms with Gasteiger partial charge in [-0.15, -0.1) is 5.10 Å². The summed E-state index contributed by atoms with van der Waals surface area (Å²) in [6.45, 7) is 0.150. The highest BCUT2D eigenvalue weighted by molar-refractivity contribution is 5.83. The van der Waals surface area contributed by atoms with Gasteiger partial charge in [0.2, 0.25) is 5.96 Å². The van der Waals surface area contributed by atoms with Crippen LogP contribution < -0.4 is 11.5 Å². The highest BCUT2D eigenvalue weighted by Gasteiger charge is 2.02. The van der Waals surface area contributed by atoms with Gasteiger partial charge in [-0.3, -0.25) is 4.99 Å². The van der Waals surface area contributed by atoms with E-state index in [1.54, 1.807) is 12.4 Å². The zero-order chi connectivity index (χ0) is 20.6. The molecule has 146 valence electrons. The summed E-state index contributed by atoms with van der Waals surface area (Å²) in [5.41, 5.74) is 14.6. The van der Waals surface area contributed by atoms with Crippen LogP contribution in [0, 0.1) is 11.6 Å². The predicted octanol–water partition coefficient (Wildman–Crippen LogP) is 3.86. The lowest BCUT2D eigenvalue weighted by Gasteiger charge is -2.03. The van der Waals surface area contributed by atoms with Crippen molar-refractivity contribution >= 4 is 18.4 Å². The van der Waals surface area contributed by atoms with Crippen LogP contribution >= 0.6 is 0 Å². The van der Waals surface area contributed by atoms with Gasteiger partial charge < -0.3 is 11.5 Å². The molecule has 7 heteroatoms. The Morgan fingerprint density at radius 3 is 1.93 bits per heavy atom. The highest BCUT2D eigenvalue weighted by Crippen LogP contribution is 2.20. The van der Waals surface area contributed by atoms with E-state index in [-0.39, 0.29) is 12.5 Å². The second-order valence-corrected chi connectivity index (χ2v) is 6.22. The fourth-order valence-electron chi connectivity index (χ4n) is 2.58. The number of benzene rings is 3. The van der Waals surface area contributed by atoms with Gasteiger partial charge in [-0.2, -0.15) is 5.10 Å². The van der Waals surface area contributed by atoms with Crippen molar-refractivity contribution in [2.45, 2.75) is 6.54 Å². The van der Waals surface area contributed by atoms with Crippen molar-refractivity contribution in [2.75, 3.05) is 0 Å². The maximum absolute atomic E-state index is 13.6. The van der Waals surface area contributed by atoms with Gasteiger partial charge in [-0.1, -0.05) is 54.6 Å². The molecular weight excluding hydrogens is 372 g/mol. The molecule has 0 aliphatic heterocycles. The third kappa shape index (κ3) is 5.80. The summed E-state index contributed by atoms with van der Waals surface area (Å²) < 4.78 is 26.5. The van der Waals surface area contributed by atoms with Crippen LogP contribution in [0.25, 0.3) is 11.1 Å². The molecule has 29 heavy (non-hydrogen) atoms. The van der Waals surface area contributed by atoms with E-state index in [9.17, 15) is 8.78 Å². The average molecular weight is 391 g/mol. The number of nitrogens with two attached hydrogens (primary N) is 2. The first kappa shape index (κ1) is 19.9. The van der Waals surface area contributed by atoms with Crippen molar-refractivity contribution in [2.24, 2.45) is 26.7 Å². The SMILES string of the molecule is NC(N)=N/N=C/c1ccc(-c2ccc(C=NCc3ccc(F)cc3F)cc2)cc1. The lowest BCUT2D eigenvalue weighted by atomic mass is 10.0. The van der Waals surface area contributed by atoms with Gasteiger partial charge >= 0.3 is 0 Å². The Kier molecular flexibility index (Phi) is 6.42. The second-order valence-electron chi connectivity index (χ2n) is 6.22. The van der Waals surface area contributed by atoms with Crippen molar-refractivity contribution in [3.05, 3.63) is 95.1 Å². The summed E-state index contributed by atoms with van der Waals surface area (Å²) >= 11 is 0. The van der Waals surface area contributed by atoms with Crippen LogP contribution in [-0.4, -0.2) is 18.4 Å². The zero-order valence-electron chi connectivity index (χ0n) is 15.5. The maximum atomic E-state index is 13.6. The Balaban J connectivity index is 1.63. The minimum absolute atomic E-state index is 0.0932. The third-order valence-corrected chi connectivity index (χ3v) is 4.05. The quantitative estimate of drug-likeness (QED) is 0.380. The molecule has 4 N–H and O–H groups in total. The molecule has 0 aliphatic carbocycles. The van der Waals surface area contributed by atoms with Crippen molar-refractivity contribution in [3.8, 4) is 11.1 Å². The second kappa shape index (κ2) is 9.36. The molecule has 0 saturated heterocycles. The van der Waals surface area contributed by atoms with Crippen LogP contribution in [0.2, 0.25) is 0 Å². The van der Waals surface area contributed by atoms with Crippen LogP contribution in [0.1, 0.15) is 16.7 Å². The molecule has 0 saturated carbocycles. The minimum atomic E-state index is -0.597. The number of hydrogen-bond donors (Lipinski definition) is 2. The molecule has 0 atom stereocenters. The summed E-state index contributed by atoms with van der Waals surface area (Å²) in [6.07, 6.45) is 3.23. The molecule has 5 nitrogen and oxygen atoms in total. The number of halogens is 2. The zero-order valence-corrected chi connectivity index (χ0v) is 15.5. The Morgan fingerprint density at radius 1 is 0.793 bits per heavy atom. The minimum Gasteiger partial charge on any atom is -0.369 e. The first-order chi connectivity index (χ1) is 14.0. The number of rotatable bonds is 6. The molecule has 0 heterocycles. The first-order valence-electron chi connectivity index (χ1n) is 8.77. The predicted molar refractivity (Wildman–Crippen MR) is 113 cm³/mol. The largest absolute Gasteiger partial charge is 0.369 e. The Bertz CT molecular complexity index is 1050. The molecule has 0 radical (unpaired) electrons. The van der Waals surface area contributed by atoms with Crippen LogP contribution in [0.15, 0.2) is 81.9 Å². The highest BCUT2D eigenvalue weighted by atomic mass is 19.1. The molecule has 3 aromatic carbocycles. The lowest BCUT2D eigenvalue weighted by molar-refractivity contribution is 0.573. The number of guanidine groups is 1. The monoisotopic (exact) mass is 391 g/mol. The first-order valence-corrected chi connectivity index (χ1v) is 8.77. The van der Waals surface area contributed by atoms with Gasteiger partial charge in [-0.05, 0) is 28.3 Å². The summed E-state index contributed by atoms with van der Waals surface area (Å²) in [4.78, 5) is 4.23. The Labute approximate surface area is 167 Å². The van der Waals surface area contributed by atoms with E-state index in [1.165, 1.54) is 12.1 Å². The van der Waals surface area contributed by atoms with E-state index in [2.05, 4.69) is 15.2 Å². The Morgan fingerprint density at radius 2 is 1.38 bits per heavy atom. The molecule has 3 rings (SSSR count). The average Bonchev–Trinajstić information content (AvgIpc) is 2.70. The number of hydrogen-bond acceptors (Lipinski definition) is 3. The molecule has 0 bridgehead atoms. The van der Waals surface area contributed by atoms with E-state index in [1.807, 2.05) is 48.5 Å². The van der Waals surface area contributed by atoms with Gasteiger partial charge in [0, 0.05) is 17.8 Å². The van der Waals surface area contributed by atoms with Crippen molar-refractivity contribution in [1.29, 1.82) is 0 Å². The smallest absolute Gasteiger partial charge is 0.211 e. The molecule has 0 aromatic heterocycles.